The molecule has 19 heavy (non-hydrogen) atoms. The minimum absolute atomic E-state index is 0.495. The predicted molar refractivity (Wildman–Crippen MR) is 79.4 cm³/mol. The quantitative estimate of drug-likeness (QED) is 0.639. The van der Waals surface area contributed by atoms with Crippen LogP contribution in [0.5, 0.6) is 0 Å². The minimum Gasteiger partial charge on any atom is -0.233 e. The summed E-state index contributed by atoms with van der Waals surface area (Å²) in [4.78, 5) is 8.79. The van der Waals surface area contributed by atoms with Gasteiger partial charge in [-0.25, -0.2) is 9.97 Å². The van der Waals surface area contributed by atoms with Gasteiger partial charge in [-0.3, -0.25) is 0 Å². The number of fused-ring (bicyclic) bond motifs is 1. The monoisotopic (exact) mass is 268 g/mol. The zero-order chi connectivity index (χ0) is 13.2. The maximum atomic E-state index is 6.08. The van der Waals surface area contributed by atoms with Gasteiger partial charge in [-0.15, -0.1) is 0 Å². The summed E-state index contributed by atoms with van der Waals surface area (Å²) in [7, 11) is 0. The molecular formula is C16H13ClN2. The first kappa shape index (κ1) is 12.1. The van der Waals surface area contributed by atoms with Gasteiger partial charge in [-0.2, -0.15) is 0 Å². The van der Waals surface area contributed by atoms with Crippen molar-refractivity contribution in [3.05, 3.63) is 59.5 Å². The van der Waals surface area contributed by atoms with E-state index in [2.05, 4.69) is 34.2 Å². The Kier molecular flexibility index (Phi) is 3.18. The highest BCUT2D eigenvalue weighted by Gasteiger charge is 2.07. The van der Waals surface area contributed by atoms with Crippen molar-refractivity contribution in [1.29, 1.82) is 0 Å². The summed E-state index contributed by atoms with van der Waals surface area (Å²) in [6, 6.07) is 16.3. The van der Waals surface area contributed by atoms with E-state index in [0.29, 0.717) is 5.15 Å². The highest BCUT2D eigenvalue weighted by molar-refractivity contribution is 6.29. The van der Waals surface area contributed by atoms with Gasteiger partial charge in [-0.05, 0) is 10.8 Å². The summed E-state index contributed by atoms with van der Waals surface area (Å²) in [5, 5.41) is 2.88. The van der Waals surface area contributed by atoms with Crippen molar-refractivity contribution in [1.82, 2.24) is 9.97 Å². The zero-order valence-electron chi connectivity index (χ0n) is 10.6. The Bertz CT molecular complexity index is 732. The van der Waals surface area contributed by atoms with Gasteiger partial charge in [0.2, 0.25) is 0 Å². The van der Waals surface area contributed by atoms with Crippen LogP contribution in [0.3, 0.4) is 0 Å². The van der Waals surface area contributed by atoms with Crippen LogP contribution in [-0.2, 0) is 6.42 Å². The first-order valence-electron chi connectivity index (χ1n) is 6.29. The molecule has 0 amide bonds. The third-order valence-corrected chi connectivity index (χ3v) is 3.32. The minimum atomic E-state index is 0.495. The van der Waals surface area contributed by atoms with E-state index < -0.39 is 0 Å². The van der Waals surface area contributed by atoms with Gasteiger partial charge in [0.05, 0.1) is 5.69 Å². The first-order chi connectivity index (χ1) is 9.28. The number of hydrogen-bond donors (Lipinski definition) is 0. The highest BCUT2D eigenvalue weighted by atomic mass is 35.5. The molecule has 0 N–H and O–H groups in total. The van der Waals surface area contributed by atoms with Gasteiger partial charge >= 0.3 is 0 Å². The lowest BCUT2D eigenvalue weighted by Gasteiger charge is -2.07. The van der Waals surface area contributed by atoms with E-state index in [-0.39, 0.29) is 0 Å². The van der Waals surface area contributed by atoms with Crippen LogP contribution in [0.15, 0.2) is 48.5 Å². The SMILES string of the molecule is CCc1nc(Cl)cc(-c2cccc3ccccc23)n1. The second-order valence-electron chi connectivity index (χ2n) is 4.37. The molecule has 2 aromatic carbocycles. The molecule has 0 fully saturated rings. The number of rotatable bonds is 2. The molecule has 1 heterocycles. The van der Waals surface area contributed by atoms with E-state index in [1.54, 1.807) is 0 Å². The Morgan fingerprint density at radius 1 is 1.00 bits per heavy atom. The number of aryl methyl sites for hydroxylation is 1. The second-order valence-corrected chi connectivity index (χ2v) is 4.76. The van der Waals surface area contributed by atoms with Crippen LogP contribution < -0.4 is 0 Å². The third kappa shape index (κ3) is 2.32. The van der Waals surface area contributed by atoms with E-state index in [9.17, 15) is 0 Å². The van der Waals surface area contributed by atoms with Crippen LogP contribution in [0.25, 0.3) is 22.0 Å². The van der Waals surface area contributed by atoms with Crippen LogP contribution in [0.1, 0.15) is 12.7 Å². The normalized spacial score (nSPS) is 10.8. The van der Waals surface area contributed by atoms with Crippen LogP contribution >= 0.6 is 11.6 Å². The number of nitrogens with zero attached hydrogens (tertiary/aromatic N) is 2. The van der Waals surface area contributed by atoms with Crippen molar-refractivity contribution in [3.63, 3.8) is 0 Å². The zero-order valence-corrected chi connectivity index (χ0v) is 11.4. The maximum absolute atomic E-state index is 6.08. The fraction of sp³-hybridized carbons (Fsp3) is 0.125. The fourth-order valence-electron chi connectivity index (χ4n) is 2.21. The Hall–Kier alpha value is -1.93. The van der Waals surface area contributed by atoms with Gasteiger partial charge in [-0.1, -0.05) is 61.0 Å². The van der Waals surface area contributed by atoms with Crippen LogP contribution in [0.2, 0.25) is 5.15 Å². The topological polar surface area (TPSA) is 25.8 Å². The first-order valence-corrected chi connectivity index (χ1v) is 6.67. The number of benzene rings is 2. The standard InChI is InChI=1S/C16H13ClN2/c1-2-16-18-14(10-15(17)19-16)13-9-5-7-11-6-3-4-8-12(11)13/h3-10H,2H2,1H3. The van der Waals surface area contributed by atoms with Crippen molar-refractivity contribution in [2.45, 2.75) is 13.3 Å². The van der Waals surface area contributed by atoms with Crippen LogP contribution in [0.4, 0.5) is 0 Å². The molecule has 3 heteroatoms. The van der Waals surface area contributed by atoms with Crippen LogP contribution in [0, 0.1) is 0 Å². The van der Waals surface area contributed by atoms with Gasteiger partial charge in [0.1, 0.15) is 11.0 Å². The van der Waals surface area contributed by atoms with Crippen molar-refractivity contribution in [2.75, 3.05) is 0 Å². The lowest BCUT2D eigenvalue weighted by Crippen LogP contribution is -1.95. The number of halogens is 1. The molecule has 94 valence electrons. The average molecular weight is 269 g/mol. The maximum Gasteiger partial charge on any atom is 0.133 e. The lowest BCUT2D eigenvalue weighted by molar-refractivity contribution is 0.944. The van der Waals surface area contributed by atoms with Crippen molar-refractivity contribution < 1.29 is 0 Å². The Labute approximate surface area is 117 Å². The largest absolute Gasteiger partial charge is 0.233 e. The van der Waals surface area contributed by atoms with E-state index >= 15 is 0 Å². The molecule has 0 aliphatic carbocycles. The van der Waals surface area contributed by atoms with Gasteiger partial charge in [0.15, 0.2) is 0 Å². The van der Waals surface area contributed by atoms with E-state index in [0.717, 1.165) is 23.5 Å². The third-order valence-electron chi connectivity index (χ3n) is 3.12. The number of aromatic nitrogens is 2. The molecule has 0 unspecified atom stereocenters. The molecule has 2 nitrogen and oxygen atoms in total. The summed E-state index contributed by atoms with van der Waals surface area (Å²) >= 11 is 6.08. The Morgan fingerprint density at radius 2 is 1.79 bits per heavy atom. The molecule has 0 aliphatic heterocycles. The highest BCUT2D eigenvalue weighted by Crippen LogP contribution is 2.28. The molecule has 1 aromatic heterocycles. The molecule has 0 radical (unpaired) electrons. The van der Waals surface area contributed by atoms with Gasteiger partial charge < -0.3 is 0 Å². The lowest BCUT2D eigenvalue weighted by atomic mass is 10.0. The molecule has 0 aliphatic rings. The number of hydrogen-bond acceptors (Lipinski definition) is 2. The van der Waals surface area contributed by atoms with E-state index in [4.69, 9.17) is 11.6 Å². The molecule has 0 atom stereocenters. The smallest absolute Gasteiger partial charge is 0.133 e. The Morgan fingerprint density at radius 3 is 2.63 bits per heavy atom. The summed E-state index contributed by atoms with van der Waals surface area (Å²) < 4.78 is 0. The summed E-state index contributed by atoms with van der Waals surface area (Å²) in [5.41, 5.74) is 1.98. The molecule has 3 rings (SSSR count). The van der Waals surface area contributed by atoms with Crippen molar-refractivity contribution in [2.24, 2.45) is 0 Å². The van der Waals surface area contributed by atoms with E-state index in [1.807, 2.05) is 31.2 Å². The summed E-state index contributed by atoms with van der Waals surface area (Å²) in [6.07, 6.45) is 0.776. The van der Waals surface area contributed by atoms with E-state index in [1.165, 1.54) is 10.8 Å². The molecular weight excluding hydrogens is 256 g/mol. The molecule has 3 aromatic rings. The summed E-state index contributed by atoms with van der Waals surface area (Å²) in [6.45, 7) is 2.03. The molecule has 0 spiro atoms. The van der Waals surface area contributed by atoms with Crippen molar-refractivity contribution >= 4 is 22.4 Å². The predicted octanol–water partition coefficient (Wildman–Crippen LogP) is 4.51. The van der Waals surface area contributed by atoms with Crippen LogP contribution in [-0.4, -0.2) is 9.97 Å². The van der Waals surface area contributed by atoms with Gasteiger partial charge in [0.25, 0.3) is 0 Å². The second kappa shape index (κ2) is 4.98. The van der Waals surface area contributed by atoms with Crippen molar-refractivity contribution in [3.8, 4) is 11.3 Å². The fourth-order valence-corrected chi connectivity index (χ4v) is 2.41. The summed E-state index contributed by atoms with van der Waals surface area (Å²) in [5.74, 6) is 0.774. The Balaban J connectivity index is 2.27. The molecule has 0 bridgehead atoms. The average Bonchev–Trinajstić information content (AvgIpc) is 2.46. The molecule has 0 saturated heterocycles. The molecule has 0 saturated carbocycles. The van der Waals surface area contributed by atoms with Gasteiger partial charge in [0, 0.05) is 18.1 Å².